The molecule has 0 saturated heterocycles. The second-order valence-electron chi connectivity index (χ2n) is 6.38. The normalized spacial score (nSPS) is 15.3. The number of benzene rings is 2. The van der Waals surface area contributed by atoms with Crippen molar-refractivity contribution in [1.29, 1.82) is 0 Å². The van der Waals surface area contributed by atoms with E-state index in [0.29, 0.717) is 31.7 Å². The first-order valence-corrected chi connectivity index (χ1v) is 8.93. The van der Waals surface area contributed by atoms with Crippen LogP contribution in [0.3, 0.4) is 0 Å². The van der Waals surface area contributed by atoms with Gasteiger partial charge in [-0.15, -0.1) is 0 Å². The quantitative estimate of drug-likeness (QED) is 0.811. The molecule has 1 aliphatic heterocycles. The highest BCUT2D eigenvalue weighted by Gasteiger charge is 2.27. The molecule has 6 nitrogen and oxygen atoms in total. The van der Waals surface area contributed by atoms with Crippen molar-refractivity contribution in [1.82, 2.24) is 5.32 Å². The summed E-state index contributed by atoms with van der Waals surface area (Å²) in [6, 6.07) is 11.4. The molecule has 1 atom stereocenters. The number of carbonyl (C=O) groups excluding carboxylic acids is 1. The molecule has 1 heterocycles. The Kier molecular flexibility index (Phi) is 6.06. The number of rotatable bonds is 7. The molecule has 2 aromatic rings. The molecule has 1 N–H and O–H groups in total. The maximum atomic E-state index is 12.5. The molecule has 3 rings (SSSR count). The van der Waals surface area contributed by atoms with Crippen molar-refractivity contribution in [3.05, 3.63) is 47.5 Å². The van der Waals surface area contributed by atoms with Crippen LogP contribution in [0.15, 0.2) is 36.4 Å². The zero-order chi connectivity index (χ0) is 19.2. The largest absolute Gasteiger partial charge is 0.497 e. The molecule has 0 bridgehead atoms. The summed E-state index contributed by atoms with van der Waals surface area (Å²) in [5.41, 5.74) is 2.02. The van der Waals surface area contributed by atoms with Gasteiger partial charge in [-0.3, -0.25) is 4.79 Å². The van der Waals surface area contributed by atoms with Crippen LogP contribution in [0.5, 0.6) is 23.0 Å². The van der Waals surface area contributed by atoms with Crippen molar-refractivity contribution >= 4 is 5.91 Å². The number of para-hydroxylation sites is 1. The van der Waals surface area contributed by atoms with E-state index in [1.165, 1.54) is 0 Å². The van der Waals surface area contributed by atoms with Gasteiger partial charge in [0.2, 0.25) is 5.91 Å². The highest BCUT2D eigenvalue weighted by molar-refractivity contribution is 5.79. The minimum atomic E-state index is -0.206. The number of carbonyl (C=O) groups is 1. The number of fused-ring (bicyclic) bond motifs is 1. The van der Waals surface area contributed by atoms with Crippen molar-refractivity contribution in [2.45, 2.75) is 12.8 Å². The smallest absolute Gasteiger partial charge is 0.226 e. The molecule has 144 valence electrons. The fourth-order valence-corrected chi connectivity index (χ4v) is 3.25. The molecule has 0 radical (unpaired) electrons. The van der Waals surface area contributed by atoms with Crippen LogP contribution in [0, 0.1) is 5.92 Å². The Morgan fingerprint density at radius 3 is 2.67 bits per heavy atom. The van der Waals surface area contributed by atoms with E-state index in [-0.39, 0.29) is 11.8 Å². The molecule has 0 spiro atoms. The first-order chi connectivity index (χ1) is 13.2. The van der Waals surface area contributed by atoms with Crippen molar-refractivity contribution in [3.63, 3.8) is 0 Å². The minimum absolute atomic E-state index is 0.00375. The SMILES string of the molecule is COc1ccc(CCNC(=O)[C@H]2COc3c(cccc3OC)C2)c(OC)c1. The lowest BCUT2D eigenvalue weighted by molar-refractivity contribution is -0.126. The molecule has 0 unspecified atom stereocenters. The van der Waals surface area contributed by atoms with Crippen LogP contribution < -0.4 is 24.3 Å². The van der Waals surface area contributed by atoms with Gasteiger partial charge in [0.15, 0.2) is 11.5 Å². The third-order valence-electron chi connectivity index (χ3n) is 4.73. The average Bonchev–Trinajstić information content (AvgIpc) is 2.72. The van der Waals surface area contributed by atoms with Gasteiger partial charge in [-0.25, -0.2) is 0 Å². The van der Waals surface area contributed by atoms with Gasteiger partial charge >= 0.3 is 0 Å². The first-order valence-electron chi connectivity index (χ1n) is 8.93. The molecule has 27 heavy (non-hydrogen) atoms. The second-order valence-corrected chi connectivity index (χ2v) is 6.38. The average molecular weight is 371 g/mol. The molecule has 0 fully saturated rings. The molecular formula is C21H25NO5. The van der Waals surface area contributed by atoms with Crippen LogP contribution in [0.25, 0.3) is 0 Å². The van der Waals surface area contributed by atoms with Gasteiger partial charge < -0.3 is 24.3 Å². The predicted octanol–water partition coefficient (Wildman–Crippen LogP) is 2.62. The second kappa shape index (κ2) is 8.66. The predicted molar refractivity (Wildman–Crippen MR) is 102 cm³/mol. The van der Waals surface area contributed by atoms with E-state index in [9.17, 15) is 4.79 Å². The molecule has 2 aromatic carbocycles. The standard InChI is InChI=1S/C21H25NO5/c1-24-17-8-7-14(19(12-17)26-3)9-10-22-21(23)16-11-15-5-4-6-18(25-2)20(15)27-13-16/h4-8,12,16H,9-11,13H2,1-3H3,(H,22,23)/t16-/m1/s1. The Bertz CT molecular complexity index is 805. The Morgan fingerprint density at radius 1 is 1.11 bits per heavy atom. The van der Waals surface area contributed by atoms with Gasteiger partial charge in [-0.1, -0.05) is 18.2 Å². The van der Waals surface area contributed by atoms with E-state index in [0.717, 1.165) is 28.4 Å². The van der Waals surface area contributed by atoms with E-state index in [1.807, 2.05) is 36.4 Å². The van der Waals surface area contributed by atoms with E-state index in [1.54, 1.807) is 21.3 Å². The number of nitrogens with one attached hydrogen (secondary N) is 1. The Morgan fingerprint density at radius 2 is 1.93 bits per heavy atom. The summed E-state index contributed by atoms with van der Waals surface area (Å²) in [6.07, 6.45) is 1.32. The molecule has 0 aromatic heterocycles. The van der Waals surface area contributed by atoms with Gasteiger partial charge in [-0.2, -0.15) is 0 Å². The number of methoxy groups -OCH3 is 3. The summed E-state index contributed by atoms with van der Waals surface area (Å²) in [4.78, 5) is 12.5. The van der Waals surface area contributed by atoms with Crippen LogP contribution in [0.4, 0.5) is 0 Å². The Balaban J connectivity index is 1.56. The Labute approximate surface area is 159 Å². The highest BCUT2D eigenvalue weighted by Crippen LogP contribution is 2.36. The van der Waals surface area contributed by atoms with Gasteiger partial charge in [0, 0.05) is 12.6 Å². The van der Waals surface area contributed by atoms with Crippen molar-refractivity contribution in [2.75, 3.05) is 34.5 Å². The molecular weight excluding hydrogens is 346 g/mol. The monoisotopic (exact) mass is 371 g/mol. The summed E-state index contributed by atoms with van der Waals surface area (Å²) < 4.78 is 21.7. The third kappa shape index (κ3) is 4.27. The summed E-state index contributed by atoms with van der Waals surface area (Å²) in [5, 5.41) is 3.00. The van der Waals surface area contributed by atoms with Crippen molar-refractivity contribution in [2.24, 2.45) is 5.92 Å². The lowest BCUT2D eigenvalue weighted by Gasteiger charge is -2.25. The zero-order valence-corrected chi connectivity index (χ0v) is 15.9. The first kappa shape index (κ1) is 18.9. The lowest BCUT2D eigenvalue weighted by Crippen LogP contribution is -2.38. The third-order valence-corrected chi connectivity index (χ3v) is 4.73. The number of hydrogen-bond acceptors (Lipinski definition) is 5. The Hall–Kier alpha value is -2.89. The van der Waals surface area contributed by atoms with E-state index in [4.69, 9.17) is 18.9 Å². The van der Waals surface area contributed by atoms with E-state index in [2.05, 4.69) is 5.32 Å². The molecule has 0 saturated carbocycles. The van der Waals surface area contributed by atoms with E-state index < -0.39 is 0 Å². The van der Waals surface area contributed by atoms with Crippen LogP contribution in [0.1, 0.15) is 11.1 Å². The van der Waals surface area contributed by atoms with Gasteiger partial charge in [0.25, 0.3) is 0 Å². The van der Waals surface area contributed by atoms with Gasteiger partial charge in [0.05, 0.1) is 27.2 Å². The number of hydrogen-bond donors (Lipinski definition) is 1. The van der Waals surface area contributed by atoms with Crippen LogP contribution in [-0.4, -0.2) is 40.4 Å². The van der Waals surface area contributed by atoms with Crippen LogP contribution in [0.2, 0.25) is 0 Å². The highest BCUT2D eigenvalue weighted by atomic mass is 16.5. The van der Waals surface area contributed by atoms with Crippen molar-refractivity contribution in [3.8, 4) is 23.0 Å². The maximum absolute atomic E-state index is 12.5. The maximum Gasteiger partial charge on any atom is 0.226 e. The summed E-state index contributed by atoms with van der Waals surface area (Å²) in [5.74, 6) is 2.74. The minimum Gasteiger partial charge on any atom is -0.497 e. The van der Waals surface area contributed by atoms with Crippen molar-refractivity contribution < 1.29 is 23.7 Å². The van der Waals surface area contributed by atoms with E-state index >= 15 is 0 Å². The van der Waals surface area contributed by atoms with Gasteiger partial charge in [-0.05, 0) is 36.1 Å². The fourth-order valence-electron chi connectivity index (χ4n) is 3.25. The van der Waals surface area contributed by atoms with Crippen LogP contribution in [-0.2, 0) is 17.6 Å². The summed E-state index contributed by atoms with van der Waals surface area (Å²) >= 11 is 0. The summed E-state index contributed by atoms with van der Waals surface area (Å²) in [6.45, 7) is 0.883. The lowest BCUT2D eigenvalue weighted by atomic mass is 9.95. The molecule has 0 aliphatic carbocycles. The molecule has 1 aliphatic rings. The molecule has 1 amide bonds. The molecule has 6 heteroatoms. The zero-order valence-electron chi connectivity index (χ0n) is 15.9. The van der Waals surface area contributed by atoms with Crippen LogP contribution >= 0.6 is 0 Å². The number of amides is 1. The summed E-state index contributed by atoms with van der Waals surface area (Å²) in [7, 11) is 4.86. The number of ether oxygens (including phenoxy) is 4. The topological polar surface area (TPSA) is 66.0 Å². The van der Waals surface area contributed by atoms with Gasteiger partial charge in [0.1, 0.15) is 18.1 Å². The fraction of sp³-hybridized carbons (Fsp3) is 0.381.